The van der Waals surface area contributed by atoms with Gasteiger partial charge in [-0.15, -0.1) is 0 Å². The van der Waals surface area contributed by atoms with Gasteiger partial charge in [0.1, 0.15) is 0 Å². The van der Waals surface area contributed by atoms with Crippen molar-refractivity contribution in [3.63, 3.8) is 0 Å². The maximum Gasteiger partial charge on any atom is 0.313 e. The van der Waals surface area contributed by atoms with Crippen LogP contribution >= 0.6 is 27.7 Å². The second kappa shape index (κ2) is 6.23. The second-order valence-corrected chi connectivity index (χ2v) is 5.78. The van der Waals surface area contributed by atoms with Crippen LogP contribution < -0.4 is 5.56 Å². The van der Waals surface area contributed by atoms with Gasteiger partial charge in [0.05, 0.1) is 11.4 Å². The van der Waals surface area contributed by atoms with Gasteiger partial charge in [-0.25, -0.2) is 0 Å². The van der Waals surface area contributed by atoms with E-state index in [1.807, 2.05) is 25.1 Å². The fourth-order valence-corrected chi connectivity index (χ4v) is 2.72. The lowest BCUT2D eigenvalue weighted by molar-refractivity contribution is -0.133. The molecule has 5 nitrogen and oxygen atoms in total. The van der Waals surface area contributed by atoms with E-state index < -0.39 is 5.97 Å². The first-order valence-electron chi connectivity index (χ1n) is 5.69. The summed E-state index contributed by atoms with van der Waals surface area (Å²) in [6.07, 6.45) is 1.61. The minimum Gasteiger partial charge on any atom is -0.481 e. The summed E-state index contributed by atoms with van der Waals surface area (Å²) in [6, 6.07) is 7.03. The van der Waals surface area contributed by atoms with Gasteiger partial charge in [-0.2, -0.15) is 4.98 Å². The Labute approximate surface area is 127 Å². The highest BCUT2D eigenvalue weighted by Crippen LogP contribution is 2.25. The van der Waals surface area contributed by atoms with Crippen molar-refractivity contribution in [2.24, 2.45) is 0 Å². The van der Waals surface area contributed by atoms with Crippen LogP contribution in [0.1, 0.15) is 5.56 Å². The molecule has 0 fully saturated rings. The maximum atomic E-state index is 11.4. The van der Waals surface area contributed by atoms with Crippen molar-refractivity contribution in [1.29, 1.82) is 0 Å². The molecular weight excluding hydrogens is 344 g/mol. The van der Waals surface area contributed by atoms with Crippen LogP contribution in [0.4, 0.5) is 0 Å². The molecule has 20 heavy (non-hydrogen) atoms. The van der Waals surface area contributed by atoms with E-state index in [2.05, 4.69) is 20.9 Å². The third-order valence-corrected chi connectivity index (χ3v) is 4.40. The zero-order valence-electron chi connectivity index (χ0n) is 10.5. The Balaban J connectivity index is 2.53. The van der Waals surface area contributed by atoms with E-state index in [1.165, 1.54) is 6.07 Å². The van der Waals surface area contributed by atoms with Gasteiger partial charge in [-0.05, 0) is 24.6 Å². The van der Waals surface area contributed by atoms with E-state index >= 15 is 0 Å². The Morgan fingerprint density at radius 1 is 1.45 bits per heavy atom. The molecule has 7 heteroatoms. The number of halogens is 1. The van der Waals surface area contributed by atoms with Crippen LogP contribution in [-0.4, -0.2) is 26.4 Å². The van der Waals surface area contributed by atoms with Crippen molar-refractivity contribution in [2.75, 3.05) is 5.75 Å². The summed E-state index contributed by atoms with van der Waals surface area (Å²) in [6.45, 7) is 1.93. The summed E-state index contributed by atoms with van der Waals surface area (Å²) in [4.78, 5) is 25.9. The summed E-state index contributed by atoms with van der Waals surface area (Å²) in [5.74, 6) is -1.10. The molecule has 0 saturated carbocycles. The molecule has 2 aromatic rings. The quantitative estimate of drug-likeness (QED) is 0.674. The van der Waals surface area contributed by atoms with Gasteiger partial charge in [-0.3, -0.25) is 14.2 Å². The van der Waals surface area contributed by atoms with E-state index in [-0.39, 0.29) is 11.3 Å². The highest BCUT2D eigenvalue weighted by molar-refractivity contribution is 9.10. The summed E-state index contributed by atoms with van der Waals surface area (Å²) < 4.78 is 2.65. The number of hydrogen-bond donors (Lipinski definition) is 1. The smallest absolute Gasteiger partial charge is 0.313 e. The van der Waals surface area contributed by atoms with Crippen LogP contribution in [0.3, 0.4) is 0 Å². The van der Waals surface area contributed by atoms with Crippen molar-refractivity contribution in [2.45, 2.75) is 12.1 Å². The molecule has 1 aromatic carbocycles. The molecule has 104 valence electrons. The van der Waals surface area contributed by atoms with E-state index in [4.69, 9.17) is 5.11 Å². The number of hydrogen-bond acceptors (Lipinski definition) is 4. The van der Waals surface area contributed by atoms with E-state index in [0.717, 1.165) is 27.5 Å². The van der Waals surface area contributed by atoms with Gasteiger partial charge in [0.2, 0.25) is 0 Å². The minimum atomic E-state index is -0.953. The molecule has 0 radical (unpaired) electrons. The van der Waals surface area contributed by atoms with E-state index in [1.54, 1.807) is 10.8 Å². The predicted molar refractivity (Wildman–Crippen MR) is 80.6 cm³/mol. The Kier molecular flexibility index (Phi) is 4.61. The Hall–Kier alpha value is -1.60. The molecule has 0 aliphatic rings. The van der Waals surface area contributed by atoms with E-state index in [9.17, 15) is 9.59 Å². The molecule has 0 aliphatic heterocycles. The number of carboxylic acid groups (broad SMARTS) is 1. The third-order valence-electron chi connectivity index (χ3n) is 2.60. The van der Waals surface area contributed by atoms with Gasteiger partial charge in [0.25, 0.3) is 5.56 Å². The van der Waals surface area contributed by atoms with Crippen LogP contribution in [-0.2, 0) is 4.79 Å². The molecule has 0 aliphatic carbocycles. The highest BCUT2D eigenvalue weighted by Gasteiger charge is 2.11. The fourth-order valence-electron chi connectivity index (χ4n) is 1.66. The molecule has 1 N–H and O–H groups in total. The average Bonchev–Trinajstić information content (AvgIpc) is 2.40. The lowest BCUT2D eigenvalue weighted by Crippen LogP contribution is -2.14. The van der Waals surface area contributed by atoms with Crippen molar-refractivity contribution in [1.82, 2.24) is 9.55 Å². The zero-order valence-corrected chi connectivity index (χ0v) is 12.9. The largest absolute Gasteiger partial charge is 0.481 e. The number of carbonyl (C=O) groups is 1. The number of carboxylic acids is 1. The number of aromatic nitrogens is 2. The average molecular weight is 355 g/mol. The molecule has 1 aromatic heterocycles. The molecule has 0 amide bonds. The zero-order chi connectivity index (χ0) is 14.7. The van der Waals surface area contributed by atoms with Gasteiger partial charge in [0.15, 0.2) is 5.16 Å². The van der Waals surface area contributed by atoms with E-state index in [0.29, 0.717) is 5.16 Å². The van der Waals surface area contributed by atoms with Crippen LogP contribution in [0.2, 0.25) is 0 Å². The Morgan fingerprint density at radius 2 is 2.20 bits per heavy atom. The Morgan fingerprint density at radius 3 is 2.90 bits per heavy atom. The monoisotopic (exact) mass is 354 g/mol. The normalized spacial score (nSPS) is 10.5. The van der Waals surface area contributed by atoms with Crippen LogP contribution in [0, 0.1) is 6.92 Å². The molecule has 0 saturated heterocycles. The highest BCUT2D eigenvalue weighted by atomic mass is 79.9. The van der Waals surface area contributed by atoms with Crippen LogP contribution in [0.15, 0.2) is 44.9 Å². The minimum absolute atomic E-state index is 0.149. The standard InChI is InChI=1S/C13H11BrN2O3S/c1-8-9(14)3-2-4-10(8)16-6-5-11(17)15-13(16)20-7-12(18)19/h2-6H,7H2,1H3,(H,18,19). The summed E-state index contributed by atoms with van der Waals surface area (Å²) in [5.41, 5.74) is 1.44. The van der Waals surface area contributed by atoms with Crippen molar-refractivity contribution in [3.8, 4) is 5.69 Å². The molecule has 1 heterocycles. The lowest BCUT2D eigenvalue weighted by atomic mass is 10.2. The molecule has 0 unspecified atom stereocenters. The number of aliphatic carboxylic acids is 1. The van der Waals surface area contributed by atoms with Gasteiger partial charge < -0.3 is 5.11 Å². The number of rotatable bonds is 4. The maximum absolute atomic E-state index is 11.4. The summed E-state index contributed by atoms with van der Waals surface area (Å²) in [7, 11) is 0. The topological polar surface area (TPSA) is 72.2 Å². The van der Waals surface area contributed by atoms with Gasteiger partial charge in [0, 0.05) is 16.7 Å². The number of benzene rings is 1. The van der Waals surface area contributed by atoms with Crippen LogP contribution in [0.5, 0.6) is 0 Å². The van der Waals surface area contributed by atoms with Gasteiger partial charge >= 0.3 is 5.97 Å². The third kappa shape index (κ3) is 3.29. The molecular formula is C13H11BrN2O3S. The molecule has 0 atom stereocenters. The molecule has 0 bridgehead atoms. The predicted octanol–water partition coefficient (Wildman–Crippen LogP) is 2.48. The number of nitrogens with zero attached hydrogens (tertiary/aromatic N) is 2. The van der Waals surface area contributed by atoms with Crippen molar-refractivity contribution in [3.05, 3.63) is 50.9 Å². The SMILES string of the molecule is Cc1c(Br)cccc1-n1ccc(=O)nc1SCC(=O)O. The first-order valence-corrected chi connectivity index (χ1v) is 7.46. The molecule has 2 rings (SSSR count). The molecule has 0 spiro atoms. The van der Waals surface area contributed by atoms with Crippen molar-refractivity contribution < 1.29 is 9.90 Å². The number of thioether (sulfide) groups is 1. The summed E-state index contributed by atoms with van der Waals surface area (Å²) >= 11 is 4.46. The van der Waals surface area contributed by atoms with Crippen LogP contribution in [0.25, 0.3) is 5.69 Å². The fraction of sp³-hybridized carbons (Fsp3) is 0.154. The lowest BCUT2D eigenvalue weighted by Gasteiger charge is -2.14. The first-order chi connectivity index (χ1) is 9.49. The second-order valence-electron chi connectivity index (χ2n) is 3.98. The summed E-state index contributed by atoms with van der Waals surface area (Å²) in [5, 5.41) is 9.12. The van der Waals surface area contributed by atoms with Gasteiger partial charge in [-0.1, -0.05) is 33.8 Å². The first kappa shape index (κ1) is 14.8. The Bertz CT molecular complexity index is 715. The van der Waals surface area contributed by atoms with Crippen molar-refractivity contribution >= 4 is 33.7 Å².